The highest BCUT2D eigenvalue weighted by atomic mass is 15.1. The van der Waals surface area contributed by atoms with Crippen LogP contribution in [0.3, 0.4) is 0 Å². The Bertz CT molecular complexity index is 104. The number of hydrogen-bond acceptors (Lipinski definition) is 1. The number of rotatable bonds is 0. The molecule has 0 aromatic carbocycles. The maximum absolute atomic E-state index is 3.63. The quantitative estimate of drug-likeness (QED) is 0.484. The molecule has 4 atom stereocenters. The molecule has 1 saturated heterocycles. The fourth-order valence-electron chi connectivity index (χ4n) is 2.09. The Kier molecular flexibility index (Phi) is 0.472. The van der Waals surface area contributed by atoms with Crippen molar-refractivity contribution in [3.05, 3.63) is 0 Å². The lowest BCUT2D eigenvalue weighted by molar-refractivity contribution is 0.490. The average molecular weight is 109 g/mol. The molecule has 3 fully saturated rings. The molecule has 3 aliphatic rings. The summed E-state index contributed by atoms with van der Waals surface area (Å²) in [5.74, 6) is 2.22. The van der Waals surface area contributed by atoms with Crippen molar-refractivity contribution in [2.75, 3.05) is 0 Å². The van der Waals surface area contributed by atoms with E-state index in [9.17, 15) is 0 Å². The minimum atomic E-state index is 0.971. The van der Waals surface area contributed by atoms with Gasteiger partial charge in [0.25, 0.3) is 0 Å². The van der Waals surface area contributed by atoms with Crippen LogP contribution in [0.1, 0.15) is 19.3 Å². The number of nitrogens with one attached hydrogen (secondary N) is 1. The van der Waals surface area contributed by atoms with E-state index in [0.717, 1.165) is 23.9 Å². The van der Waals surface area contributed by atoms with Gasteiger partial charge >= 0.3 is 0 Å². The van der Waals surface area contributed by atoms with Crippen molar-refractivity contribution < 1.29 is 0 Å². The van der Waals surface area contributed by atoms with E-state index >= 15 is 0 Å². The monoisotopic (exact) mass is 109 g/mol. The molecule has 1 heteroatoms. The normalized spacial score (nSPS) is 66.0. The predicted octanol–water partition coefficient (Wildman–Crippen LogP) is 0.757. The van der Waals surface area contributed by atoms with Crippen molar-refractivity contribution in [1.29, 1.82) is 0 Å². The molecule has 0 radical (unpaired) electrons. The first-order valence-corrected chi connectivity index (χ1v) is 3.69. The van der Waals surface area contributed by atoms with Gasteiger partial charge in [0, 0.05) is 12.1 Å². The lowest BCUT2D eigenvalue weighted by Gasteiger charge is -2.07. The Labute approximate surface area is 49.5 Å². The van der Waals surface area contributed by atoms with Gasteiger partial charge in [-0.2, -0.15) is 0 Å². The number of fused-ring (bicyclic) bond motifs is 2. The SMILES string of the molecule is C1C2CC2NC2CC12. The number of piperidine rings is 1. The standard InChI is InChI=1S/C7H11N/c1-4-2-6(4)8-7-3-5(1)7/h4-8H,1-3H2. The van der Waals surface area contributed by atoms with E-state index in [1.165, 1.54) is 12.8 Å². The second-order valence-electron chi connectivity index (χ2n) is 3.61. The van der Waals surface area contributed by atoms with Gasteiger partial charge in [0.1, 0.15) is 0 Å². The van der Waals surface area contributed by atoms with Gasteiger partial charge in [0.05, 0.1) is 0 Å². The molecular formula is C7H11N. The van der Waals surface area contributed by atoms with Gasteiger partial charge in [-0.05, 0) is 31.1 Å². The molecule has 1 heterocycles. The first kappa shape index (κ1) is 3.89. The Morgan fingerprint density at radius 3 is 2.00 bits per heavy atom. The molecule has 1 nitrogen and oxygen atoms in total. The molecule has 8 heavy (non-hydrogen) atoms. The topological polar surface area (TPSA) is 12.0 Å². The van der Waals surface area contributed by atoms with Crippen LogP contribution >= 0.6 is 0 Å². The second kappa shape index (κ2) is 0.971. The zero-order valence-electron chi connectivity index (χ0n) is 4.93. The largest absolute Gasteiger partial charge is 0.311 e. The van der Waals surface area contributed by atoms with Crippen LogP contribution in [0.25, 0.3) is 0 Å². The predicted molar refractivity (Wildman–Crippen MR) is 31.5 cm³/mol. The summed E-state index contributed by atoms with van der Waals surface area (Å²) >= 11 is 0. The van der Waals surface area contributed by atoms with Crippen LogP contribution < -0.4 is 5.32 Å². The van der Waals surface area contributed by atoms with Crippen molar-refractivity contribution in [2.24, 2.45) is 11.8 Å². The molecule has 0 spiro atoms. The van der Waals surface area contributed by atoms with E-state index in [-0.39, 0.29) is 0 Å². The van der Waals surface area contributed by atoms with Crippen LogP contribution in [0.15, 0.2) is 0 Å². The van der Waals surface area contributed by atoms with Gasteiger partial charge in [0.15, 0.2) is 0 Å². The van der Waals surface area contributed by atoms with Crippen molar-refractivity contribution in [3.8, 4) is 0 Å². The summed E-state index contributed by atoms with van der Waals surface area (Å²) in [5.41, 5.74) is 0. The van der Waals surface area contributed by atoms with Gasteiger partial charge in [0.2, 0.25) is 0 Å². The van der Waals surface area contributed by atoms with Crippen LogP contribution in [-0.2, 0) is 0 Å². The van der Waals surface area contributed by atoms with Crippen LogP contribution in [0.2, 0.25) is 0 Å². The molecule has 4 unspecified atom stereocenters. The third-order valence-corrected chi connectivity index (χ3v) is 2.88. The van der Waals surface area contributed by atoms with Gasteiger partial charge in [-0.25, -0.2) is 0 Å². The highest BCUT2D eigenvalue weighted by Gasteiger charge is 2.52. The van der Waals surface area contributed by atoms with E-state index < -0.39 is 0 Å². The molecule has 1 N–H and O–H groups in total. The molecule has 2 aliphatic carbocycles. The maximum Gasteiger partial charge on any atom is 0.0102 e. The Hall–Kier alpha value is -0.0400. The molecule has 1 aliphatic heterocycles. The molecule has 0 aromatic heterocycles. The second-order valence-corrected chi connectivity index (χ2v) is 3.61. The summed E-state index contributed by atoms with van der Waals surface area (Å²) < 4.78 is 0. The summed E-state index contributed by atoms with van der Waals surface area (Å²) in [4.78, 5) is 0. The first-order chi connectivity index (χ1) is 3.93. The van der Waals surface area contributed by atoms with Crippen molar-refractivity contribution >= 4 is 0 Å². The lowest BCUT2D eigenvalue weighted by atomic mass is 10.1. The molecule has 44 valence electrons. The minimum Gasteiger partial charge on any atom is -0.311 e. The van der Waals surface area contributed by atoms with E-state index in [2.05, 4.69) is 5.32 Å². The van der Waals surface area contributed by atoms with E-state index in [1.54, 1.807) is 6.42 Å². The van der Waals surface area contributed by atoms with Crippen LogP contribution in [-0.4, -0.2) is 12.1 Å². The summed E-state index contributed by atoms with van der Waals surface area (Å²) in [5, 5.41) is 3.63. The molecule has 0 bridgehead atoms. The fraction of sp³-hybridized carbons (Fsp3) is 1.00. The number of hydrogen-bond donors (Lipinski definition) is 1. The third kappa shape index (κ3) is 0.368. The molecule has 0 aromatic rings. The van der Waals surface area contributed by atoms with Gasteiger partial charge in [-0.15, -0.1) is 0 Å². The van der Waals surface area contributed by atoms with Crippen LogP contribution in [0.4, 0.5) is 0 Å². The first-order valence-electron chi connectivity index (χ1n) is 3.69. The highest BCUT2D eigenvalue weighted by Crippen LogP contribution is 2.50. The van der Waals surface area contributed by atoms with Gasteiger partial charge < -0.3 is 5.32 Å². The highest BCUT2D eigenvalue weighted by molar-refractivity contribution is 5.09. The molecule has 2 saturated carbocycles. The van der Waals surface area contributed by atoms with Crippen LogP contribution in [0, 0.1) is 11.8 Å². The van der Waals surface area contributed by atoms with E-state index in [4.69, 9.17) is 0 Å². The molecule has 3 rings (SSSR count). The fourth-order valence-corrected chi connectivity index (χ4v) is 2.09. The maximum atomic E-state index is 3.63. The Balaban J connectivity index is 1.85. The zero-order chi connectivity index (χ0) is 5.14. The van der Waals surface area contributed by atoms with Gasteiger partial charge in [-0.1, -0.05) is 0 Å². The van der Waals surface area contributed by atoms with E-state index in [0.29, 0.717) is 0 Å². The Morgan fingerprint density at radius 1 is 0.875 bits per heavy atom. The van der Waals surface area contributed by atoms with E-state index in [1.807, 2.05) is 0 Å². The van der Waals surface area contributed by atoms with Crippen molar-refractivity contribution in [3.63, 3.8) is 0 Å². The third-order valence-electron chi connectivity index (χ3n) is 2.88. The summed E-state index contributed by atoms with van der Waals surface area (Å²) in [6.07, 6.45) is 4.54. The Morgan fingerprint density at radius 2 is 1.50 bits per heavy atom. The van der Waals surface area contributed by atoms with Crippen LogP contribution in [0.5, 0.6) is 0 Å². The molecule has 0 amide bonds. The average Bonchev–Trinajstić information content (AvgIpc) is 2.45. The van der Waals surface area contributed by atoms with Crippen molar-refractivity contribution in [2.45, 2.75) is 31.3 Å². The van der Waals surface area contributed by atoms with Gasteiger partial charge in [-0.3, -0.25) is 0 Å². The summed E-state index contributed by atoms with van der Waals surface area (Å²) in [6, 6.07) is 1.94. The summed E-state index contributed by atoms with van der Waals surface area (Å²) in [7, 11) is 0. The van der Waals surface area contributed by atoms with Crippen molar-refractivity contribution in [1.82, 2.24) is 5.32 Å². The summed E-state index contributed by atoms with van der Waals surface area (Å²) in [6.45, 7) is 0. The lowest BCUT2D eigenvalue weighted by Crippen LogP contribution is -2.25. The smallest absolute Gasteiger partial charge is 0.0102 e. The molecular weight excluding hydrogens is 98.1 g/mol. The minimum absolute atomic E-state index is 0.971. The zero-order valence-corrected chi connectivity index (χ0v) is 4.93.